The van der Waals surface area contributed by atoms with Gasteiger partial charge in [0, 0.05) is 40.7 Å². The van der Waals surface area contributed by atoms with Gasteiger partial charge in [0.15, 0.2) is 23.1 Å². The number of anilines is 3. The van der Waals surface area contributed by atoms with Crippen LogP contribution < -0.4 is 47.2 Å². The summed E-state index contributed by atoms with van der Waals surface area (Å²) in [6.07, 6.45) is 2.94. The Labute approximate surface area is 692 Å². The molecule has 0 amide bonds. The first-order valence-electron chi connectivity index (χ1n) is 32.6. The zero-order chi connectivity index (χ0) is 78.1. The van der Waals surface area contributed by atoms with Gasteiger partial charge in [-0.2, -0.15) is 29.4 Å². The summed E-state index contributed by atoms with van der Waals surface area (Å²) in [5.74, 6) is 15.7. The Bertz CT molecular complexity index is 5570. The zero-order valence-electron chi connectivity index (χ0n) is 60.4. The van der Waals surface area contributed by atoms with Gasteiger partial charge in [0.05, 0.1) is 128 Å². The standard InChI is InChI=1S/C22H20N6O.C15H13ClN8O.C13H12N2.C9H9IN4O.C9H12N6O.C6H2Cl2N2.3CH4.ClH/c1-28-26-22(25-27-28)18-14-9-15-19(21(18)29-2)23-24-20(16-10-5-3-6-11-16)17-12-7-4-8-13-17;1-23-21-15(19-22-23)8-4-3-5-10(13(8)25-2)24-11-6-12(16)18-7-9(11)14(17)20-24;14-15-13(11-7-3-1-4-8-11)12-9-5-2-6-10-12;1-14-12-9(11-13-14)6-4-3-5-7(10)8(6)15-2;1-15-13-9(12-14-15)6-4-3-5-7(11-10)8(6)16-2;1-9-5-3-10-6(8)2-4(5)7;;;;/h3-15,23H,1-2H3;3-7H,1-2H3,(H2,17,20);1-10H,14H2;3-5H,1-2H3;3-5,11H,10H2,1-2H3;2-3H;3*1H4;1H. The third kappa shape index (κ3) is 22.8. The molecule has 0 saturated carbocycles. The molecular formula is C77H81Cl4IN28O4. The van der Waals surface area contributed by atoms with Gasteiger partial charge in [-0.25, -0.2) is 14.5 Å². The molecule has 37 heteroatoms. The largest absolute Gasteiger partial charge is 0.495 e. The molecule has 0 aliphatic carbocycles. The lowest BCUT2D eigenvalue weighted by atomic mass is 10.0. The van der Waals surface area contributed by atoms with Crippen molar-refractivity contribution in [2.75, 3.05) is 45.0 Å². The van der Waals surface area contributed by atoms with Crippen LogP contribution in [0.25, 0.3) is 67.0 Å². The highest BCUT2D eigenvalue weighted by Crippen LogP contribution is 2.39. The number of aryl methyl sites for hydroxylation is 4. The number of nitrogens with two attached hydrogens (primary N) is 3. The highest BCUT2D eigenvalue weighted by molar-refractivity contribution is 14.1. The van der Waals surface area contributed by atoms with Crippen LogP contribution in [0, 0.1) is 10.1 Å². The van der Waals surface area contributed by atoms with E-state index in [1.54, 1.807) is 79.6 Å². The van der Waals surface area contributed by atoms with Crippen molar-refractivity contribution in [3.05, 3.63) is 271 Å². The Morgan fingerprint density at radius 2 is 0.851 bits per heavy atom. The maximum atomic E-state index is 6.61. The molecule has 0 spiro atoms. The molecule has 114 heavy (non-hydrogen) atoms. The number of hydrazine groups is 1. The number of fused-ring (bicyclic) bond motifs is 1. The Morgan fingerprint density at radius 1 is 0.474 bits per heavy atom. The molecule has 7 heterocycles. The number of para-hydroxylation sites is 4. The number of hydrazone groups is 2. The first kappa shape index (κ1) is 89.8. The van der Waals surface area contributed by atoms with Crippen LogP contribution in [-0.4, -0.2) is 140 Å². The molecule has 0 aliphatic rings. The molecule has 7 aromatic heterocycles. The van der Waals surface area contributed by atoms with Gasteiger partial charge >= 0.3 is 0 Å². The summed E-state index contributed by atoms with van der Waals surface area (Å²) in [7, 11) is 13.2. The number of halogens is 5. The summed E-state index contributed by atoms with van der Waals surface area (Å²) in [5, 5.41) is 62.8. The number of methoxy groups -OCH3 is 4. The third-order valence-electron chi connectivity index (χ3n) is 15.3. The number of nitrogen functional groups attached to an aromatic ring is 2. The van der Waals surface area contributed by atoms with Gasteiger partial charge in [0.1, 0.15) is 21.7 Å². The van der Waals surface area contributed by atoms with Crippen molar-refractivity contribution >= 4 is 115 Å². The summed E-state index contributed by atoms with van der Waals surface area (Å²) in [6, 6.07) is 65.6. The second-order valence-electron chi connectivity index (χ2n) is 22.4. The van der Waals surface area contributed by atoms with Crippen molar-refractivity contribution in [2.24, 2.45) is 50.1 Å². The molecule has 32 nitrogen and oxygen atoms in total. The Hall–Kier alpha value is -13.1. The molecule has 0 radical (unpaired) electrons. The van der Waals surface area contributed by atoms with Gasteiger partial charge in [-0.15, -0.1) is 58.3 Å². The smallest absolute Gasteiger partial charge is 0.223 e. The molecule has 15 rings (SSSR count). The summed E-state index contributed by atoms with van der Waals surface area (Å²) in [4.78, 5) is 16.4. The van der Waals surface area contributed by atoms with E-state index in [9.17, 15) is 0 Å². The van der Waals surface area contributed by atoms with Crippen LogP contribution >= 0.6 is 69.8 Å². The van der Waals surface area contributed by atoms with Gasteiger partial charge in [-0.3, -0.25) is 16.3 Å². The fourth-order valence-corrected chi connectivity index (χ4v) is 11.7. The van der Waals surface area contributed by atoms with E-state index in [4.69, 9.17) is 82.8 Å². The fraction of sp³-hybridized carbons (Fsp3) is 0.143. The van der Waals surface area contributed by atoms with E-state index in [1.165, 1.54) is 31.4 Å². The van der Waals surface area contributed by atoms with Crippen molar-refractivity contribution in [1.82, 2.24) is 101 Å². The first-order chi connectivity index (χ1) is 53.5. The van der Waals surface area contributed by atoms with Crippen LogP contribution in [0.2, 0.25) is 15.3 Å². The Kier molecular flexibility index (Phi) is 34.7. The topological polar surface area (TPSA) is 386 Å². The number of tetrazole rings is 4. The number of aromatic nitrogens is 20. The predicted molar refractivity (Wildman–Crippen MR) is 458 cm³/mol. The number of hydrogen-bond acceptors (Lipinski definition) is 26. The first-order valence-corrected chi connectivity index (χ1v) is 34.8. The Morgan fingerprint density at radius 3 is 1.25 bits per heavy atom. The van der Waals surface area contributed by atoms with Crippen LogP contribution in [0.1, 0.15) is 44.5 Å². The molecule has 15 aromatic rings. The number of benzene rings is 8. The van der Waals surface area contributed by atoms with Crippen LogP contribution in [0.15, 0.2) is 229 Å². The van der Waals surface area contributed by atoms with Crippen molar-refractivity contribution in [1.29, 1.82) is 0 Å². The van der Waals surface area contributed by atoms with Gasteiger partial charge in [-0.05, 0) is 98.0 Å². The van der Waals surface area contributed by atoms with Gasteiger partial charge < -0.3 is 35.9 Å². The number of rotatable bonds is 16. The molecular weight excluding hydrogens is 1650 g/mol. The van der Waals surface area contributed by atoms with E-state index in [1.807, 2.05) is 188 Å². The number of ether oxygens (including phenoxy) is 4. The van der Waals surface area contributed by atoms with E-state index < -0.39 is 0 Å². The average Bonchev–Trinajstić information content (AvgIpc) is 1.61. The van der Waals surface area contributed by atoms with Gasteiger partial charge in [-0.1, -0.05) is 203 Å². The fourth-order valence-electron chi connectivity index (χ4n) is 10.4. The van der Waals surface area contributed by atoms with Crippen LogP contribution in [0.5, 0.6) is 23.0 Å². The minimum atomic E-state index is 0. The molecule has 0 aliphatic heterocycles. The molecule has 0 bridgehead atoms. The number of nitrogens with zero attached hydrogens (tertiary/aromatic N) is 23. The highest BCUT2D eigenvalue weighted by Gasteiger charge is 2.22. The summed E-state index contributed by atoms with van der Waals surface area (Å²) < 4.78 is 24.5. The predicted octanol–water partition coefficient (Wildman–Crippen LogP) is 14.9. The SMILES string of the molecule is C.C.C.COc1c(-c2nnn(C)n2)cccc1-n1nc(N)c2cnc(Cl)cc21.COc1c(I)cccc1-c1nnn(C)n1.COc1c(NN)cccc1-c1nnn(C)n1.COc1c(NN=C(c2ccccc2)c2ccccc2)cccc1-c1nnn(C)n1.Cl.NN=C(c1ccccc1)c1ccccc1.[C-]#[N+]c1cnc(Cl)cc1Cl. The maximum Gasteiger partial charge on any atom is 0.223 e. The van der Waals surface area contributed by atoms with E-state index >= 15 is 0 Å². The maximum absolute atomic E-state index is 6.61. The number of nitrogens with one attached hydrogen (secondary N) is 2. The Balaban J connectivity index is 0.000000218. The lowest BCUT2D eigenvalue weighted by molar-refractivity contribution is 0.413. The van der Waals surface area contributed by atoms with Crippen molar-refractivity contribution in [3.8, 4) is 74.2 Å². The van der Waals surface area contributed by atoms with E-state index in [-0.39, 0.29) is 34.7 Å². The second kappa shape index (κ2) is 44.1. The zero-order valence-corrected chi connectivity index (χ0v) is 65.6. The number of hydrogen-bond donors (Lipinski definition) is 5. The molecule has 0 unspecified atom stereocenters. The summed E-state index contributed by atoms with van der Waals surface area (Å²) in [5.41, 5.74) is 23.6. The second-order valence-corrected chi connectivity index (χ2v) is 24.8. The lowest BCUT2D eigenvalue weighted by Crippen LogP contribution is -2.08. The molecule has 0 fully saturated rings. The van der Waals surface area contributed by atoms with Crippen molar-refractivity contribution < 1.29 is 18.9 Å². The van der Waals surface area contributed by atoms with E-state index in [0.29, 0.717) is 95.4 Å². The third-order valence-corrected chi connectivity index (χ3v) is 16.8. The summed E-state index contributed by atoms with van der Waals surface area (Å²) in [6.45, 7) is 6.61. The summed E-state index contributed by atoms with van der Waals surface area (Å²) >= 11 is 19.3. The lowest BCUT2D eigenvalue weighted by Gasteiger charge is -2.13. The normalized spacial score (nSPS) is 9.93. The minimum absolute atomic E-state index is 0. The van der Waals surface area contributed by atoms with Crippen LogP contribution in [-0.2, 0) is 28.2 Å². The molecule has 588 valence electrons. The van der Waals surface area contributed by atoms with E-state index in [0.717, 1.165) is 65.2 Å². The molecule has 0 saturated heterocycles. The monoisotopic (exact) mass is 1730 g/mol. The molecule has 8 aromatic carbocycles. The molecule has 8 N–H and O–H groups in total. The molecule has 0 atom stereocenters. The average molecular weight is 1730 g/mol. The minimum Gasteiger partial charge on any atom is -0.495 e. The quantitative estimate of drug-likeness (QED) is 0.0150. The van der Waals surface area contributed by atoms with Crippen molar-refractivity contribution in [3.63, 3.8) is 0 Å². The van der Waals surface area contributed by atoms with Gasteiger partial charge in [0.2, 0.25) is 29.0 Å². The van der Waals surface area contributed by atoms with Crippen molar-refractivity contribution in [2.45, 2.75) is 22.3 Å². The van der Waals surface area contributed by atoms with E-state index in [2.05, 4.69) is 120 Å². The van der Waals surface area contributed by atoms with Crippen LogP contribution in [0.4, 0.5) is 22.9 Å². The highest BCUT2D eigenvalue weighted by atomic mass is 127. The number of pyridine rings is 2. The van der Waals surface area contributed by atoms with Crippen LogP contribution in [0.3, 0.4) is 0 Å². The van der Waals surface area contributed by atoms with Gasteiger partial charge in [0.25, 0.3) is 0 Å².